The highest BCUT2D eigenvalue weighted by atomic mass is 19.1. The van der Waals surface area contributed by atoms with Crippen LogP contribution in [0, 0.1) is 17.6 Å². The van der Waals surface area contributed by atoms with Gasteiger partial charge in [-0.25, -0.2) is 18.6 Å². The monoisotopic (exact) mass is 425 g/mol. The summed E-state index contributed by atoms with van der Waals surface area (Å²) >= 11 is 0. The second kappa shape index (κ2) is 7.35. The lowest BCUT2D eigenvalue weighted by atomic mass is 10.2. The van der Waals surface area contributed by atoms with Gasteiger partial charge in [-0.15, -0.1) is 0 Å². The molecule has 4 N–H and O–H groups in total. The number of halogens is 2. The van der Waals surface area contributed by atoms with Crippen LogP contribution in [0.2, 0.25) is 0 Å². The van der Waals surface area contributed by atoms with Gasteiger partial charge >= 0.3 is 6.03 Å². The molecule has 3 heterocycles. The molecule has 3 aromatic rings. The van der Waals surface area contributed by atoms with Crippen LogP contribution >= 0.6 is 0 Å². The maximum Gasteiger partial charge on any atom is 0.326 e. The molecule has 2 fully saturated rings. The van der Waals surface area contributed by atoms with E-state index in [4.69, 9.17) is 0 Å². The molecular weight excluding hydrogens is 408 g/mol. The van der Waals surface area contributed by atoms with Gasteiger partial charge in [-0.05, 0) is 37.0 Å². The first-order chi connectivity index (χ1) is 14.9. The van der Waals surface area contributed by atoms with Crippen LogP contribution in [-0.2, 0) is 4.79 Å². The molecule has 5 rings (SSSR count). The number of carbonyl (C=O) groups excluding carboxylic acids is 2. The van der Waals surface area contributed by atoms with Crippen molar-refractivity contribution in [3.8, 4) is 0 Å². The fourth-order valence-electron chi connectivity index (χ4n) is 3.25. The fraction of sp³-hybridized carbons (Fsp3) is 0.200. The Hall–Kier alpha value is -4.02. The Morgan fingerprint density at radius 3 is 2.58 bits per heavy atom. The summed E-state index contributed by atoms with van der Waals surface area (Å²) in [6.07, 6.45) is 5.28. The van der Waals surface area contributed by atoms with Gasteiger partial charge in [0.15, 0.2) is 5.65 Å². The number of nitrogens with zero attached hydrogens (tertiary/aromatic N) is 3. The lowest BCUT2D eigenvalue weighted by Crippen LogP contribution is -2.22. The maximum atomic E-state index is 13.6. The molecule has 2 aromatic heterocycles. The van der Waals surface area contributed by atoms with Crippen molar-refractivity contribution >= 4 is 41.0 Å². The quantitative estimate of drug-likeness (QED) is 0.357. The van der Waals surface area contributed by atoms with Crippen LogP contribution in [0.5, 0.6) is 0 Å². The Kier molecular flexibility index (Phi) is 4.50. The van der Waals surface area contributed by atoms with E-state index in [1.807, 2.05) is 0 Å². The zero-order valence-electron chi connectivity index (χ0n) is 16.1. The van der Waals surface area contributed by atoms with Gasteiger partial charge in [0, 0.05) is 29.9 Å². The molecule has 9 nitrogen and oxygen atoms in total. The highest BCUT2D eigenvalue weighted by molar-refractivity contribution is 6.14. The Morgan fingerprint density at radius 1 is 1.13 bits per heavy atom. The summed E-state index contributed by atoms with van der Waals surface area (Å²) in [5, 5.41) is 15.1. The number of fused-ring (bicyclic) bond motifs is 1. The SMILES string of the molecule is O=C1NC(=O)/C(=C/c2cnn3c(NCC4CC4)cc(Nc4cc(F)cc(F)c4)nc23)N1. The van der Waals surface area contributed by atoms with Crippen LogP contribution in [0.25, 0.3) is 11.7 Å². The number of anilines is 3. The molecule has 1 saturated carbocycles. The largest absolute Gasteiger partial charge is 0.370 e. The summed E-state index contributed by atoms with van der Waals surface area (Å²) in [7, 11) is 0. The summed E-state index contributed by atoms with van der Waals surface area (Å²) in [4.78, 5) is 27.7. The zero-order chi connectivity index (χ0) is 21.5. The second-order valence-electron chi connectivity index (χ2n) is 7.44. The normalized spacial score (nSPS) is 17.2. The van der Waals surface area contributed by atoms with Gasteiger partial charge in [-0.2, -0.15) is 9.61 Å². The summed E-state index contributed by atoms with van der Waals surface area (Å²) < 4.78 is 28.7. The maximum absolute atomic E-state index is 13.6. The van der Waals surface area contributed by atoms with Crippen LogP contribution in [0.3, 0.4) is 0 Å². The van der Waals surface area contributed by atoms with Gasteiger partial charge < -0.3 is 16.0 Å². The van der Waals surface area contributed by atoms with E-state index >= 15 is 0 Å². The topological polar surface area (TPSA) is 112 Å². The molecule has 1 aromatic carbocycles. The molecule has 158 valence electrons. The average molecular weight is 425 g/mol. The van der Waals surface area contributed by atoms with Crippen molar-refractivity contribution in [2.75, 3.05) is 17.2 Å². The van der Waals surface area contributed by atoms with Crippen LogP contribution in [0.4, 0.5) is 30.9 Å². The molecular formula is C20H17F2N7O2. The first kappa shape index (κ1) is 19.0. The Bertz CT molecular complexity index is 1230. The minimum absolute atomic E-state index is 0.0692. The molecule has 0 atom stereocenters. The van der Waals surface area contributed by atoms with Gasteiger partial charge in [-0.3, -0.25) is 10.1 Å². The lowest BCUT2D eigenvalue weighted by Gasteiger charge is -2.12. The van der Waals surface area contributed by atoms with E-state index in [0.29, 0.717) is 28.8 Å². The molecule has 1 aliphatic carbocycles. The van der Waals surface area contributed by atoms with Crippen molar-refractivity contribution in [1.29, 1.82) is 0 Å². The van der Waals surface area contributed by atoms with E-state index in [0.717, 1.165) is 37.6 Å². The minimum Gasteiger partial charge on any atom is -0.370 e. The van der Waals surface area contributed by atoms with Crippen molar-refractivity contribution in [1.82, 2.24) is 25.2 Å². The third-order valence-corrected chi connectivity index (χ3v) is 4.92. The summed E-state index contributed by atoms with van der Waals surface area (Å²) in [6.45, 7) is 0.752. The van der Waals surface area contributed by atoms with Crippen molar-refractivity contribution in [3.63, 3.8) is 0 Å². The first-order valence-corrected chi connectivity index (χ1v) is 9.64. The Balaban J connectivity index is 1.55. The van der Waals surface area contributed by atoms with Crippen molar-refractivity contribution < 1.29 is 18.4 Å². The predicted molar refractivity (Wildman–Crippen MR) is 108 cm³/mol. The highest BCUT2D eigenvalue weighted by Gasteiger charge is 2.24. The van der Waals surface area contributed by atoms with Crippen LogP contribution in [0.15, 0.2) is 36.2 Å². The molecule has 0 radical (unpaired) electrons. The van der Waals surface area contributed by atoms with Gasteiger partial charge in [0.2, 0.25) is 0 Å². The third-order valence-electron chi connectivity index (χ3n) is 4.92. The van der Waals surface area contributed by atoms with E-state index in [1.165, 1.54) is 12.3 Å². The van der Waals surface area contributed by atoms with Crippen molar-refractivity contribution in [2.24, 2.45) is 5.92 Å². The summed E-state index contributed by atoms with van der Waals surface area (Å²) in [5.41, 5.74) is 1.14. The van der Waals surface area contributed by atoms with Crippen LogP contribution < -0.4 is 21.3 Å². The smallest absolute Gasteiger partial charge is 0.326 e. The number of benzene rings is 1. The molecule has 31 heavy (non-hydrogen) atoms. The van der Waals surface area contributed by atoms with Crippen molar-refractivity contribution in [3.05, 3.63) is 53.4 Å². The minimum atomic E-state index is -0.714. The second-order valence-corrected chi connectivity index (χ2v) is 7.44. The number of imide groups is 1. The van der Waals surface area contributed by atoms with E-state index in [9.17, 15) is 18.4 Å². The molecule has 0 spiro atoms. The average Bonchev–Trinajstić information content (AvgIpc) is 3.36. The molecule has 3 amide bonds. The number of aromatic nitrogens is 3. The molecule has 1 aliphatic heterocycles. The predicted octanol–water partition coefficient (Wildman–Crippen LogP) is 2.75. The zero-order valence-corrected chi connectivity index (χ0v) is 16.1. The number of urea groups is 1. The highest BCUT2D eigenvalue weighted by Crippen LogP contribution is 2.30. The van der Waals surface area contributed by atoms with Gasteiger partial charge in [0.05, 0.1) is 6.20 Å². The van der Waals surface area contributed by atoms with E-state index < -0.39 is 23.6 Å². The number of hydrogen-bond donors (Lipinski definition) is 4. The van der Waals surface area contributed by atoms with Crippen molar-refractivity contribution in [2.45, 2.75) is 12.8 Å². The van der Waals surface area contributed by atoms with E-state index in [1.54, 1.807) is 10.6 Å². The van der Waals surface area contributed by atoms with Gasteiger partial charge in [-0.1, -0.05) is 0 Å². The number of nitrogens with one attached hydrogen (secondary N) is 4. The summed E-state index contributed by atoms with van der Waals surface area (Å²) in [5.74, 6) is -0.439. The number of amides is 3. The molecule has 11 heteroatoms. The van der Waals surface area contributed by atoms with E-state index in [2.05, 4.69) is 31.3 Å². The van der Waals surface area contributed by atoms with Gasteiger partial charge in [0.1, 0.15) is 29.0 Å². The Morgan fingerprint density at radius 2 is 1.90 bits per heavy atom. The third kappa shape index (κ3) is 4.02. The van der Waals surface area contributed by atoms with Gasteiger partial charge in [0.25, 0.3) is 5.91 Å². The molecule has 0 bridgehead atoms. The number of carbonyl (C=O) groups is 2. The Labute approximate surface area is 174 Å². The lowest BCUT2D eigenvalue weighted by molar-refractivity contribution is -0.115. The van der Waals surface area contributed by atoms with E-state index in [-0.39, 0.29) is 11.4 Å². The molecule has 1 saturated heterocycles. The molecule has 2 aliphatic rings. The molecule has 0 unspecified atom stereocenters. The fourth-order valence-corrected chi connectivity index (χ4v) is 3.25. The number of rotatable bonds is 6. The summed E-state index contributed by atoms with van der Waals surface area (Å²) in [6, 6.07) is 4.18. The van der Waals surface area contributed by atoms with Crippen LogP contribution in [0.1, 0.15) is 18.4 Å². The first-order valence-electron chi connectivity index (χ1n) is 9.64. The standard InChI is InChI=1S/C20H17F2N7O2/c21-12-4-13(22)6-14(5-12)25-16-7-17(23-8-10-1-2-10)29-18(27-16)11(9-24-29)3-15-19(30)28-20(31)26-15/h3-7,9-10,23H,1-2,8H2,(H,25,27)(H2,26,28,30,31)/b15-3-. The van der Waals surface area contributed by atoms with Crippen LogP contribution in [-0.4, -0.2) is 33.1 Å². The number of hydrogen-bond acceptors (Lipinski definition) is 6.